The van der Waals surface area contributed by atoms with Crippen molar-refractivity contribution >= 4 is 23.2 Å². The first-order valence-electron chi connectivity index (χ1n) is 6.94. The van der Waals surface area contributed by atoms with Crippen molar-refractivity contribution in [2.45, 2.75) is 82.4 Å². The van der Waals surface area contributed by atoms with Gasteiger partial charge in [-0.05, 0) is 31.1 Å². The number of hydrogen-bond acceptors (Lipinski definition) is 0. The highest BCUT2D eigenvalue weighted by atomic mass is 35.5. The maximum Gasteiger partial charge on any atom is 0.0555 e. The SMILES string of the molecule is CCCCC1(CCCC)CCCC(Cl)C1Cl. The molecule has 1 aliphatic rings. The van der Waals surface area contributed by atoms with E-state index in [1.165, 1.54) is 51.4 Å². The minimum absolute atomic E-state index is 0.195. The summed E-state index contributed by atoms with van der Waals surface area (Å²) in [6.45, 7) is 4.52. The van der Waals surface area contributed by atoms with E-state index < -0.39 is 0 Å². The summed E-state index contributed by atoms with van der Waals surface area (Å²) in [5, 5.41) is 0.394. The molecule has 0 radical (unpaired) electrons. The second kappa shape index (κ2) is 7.11. The van der Waals surface area contributed by atoms with Crippen molar-refractivity contribution in [2.75, 3.05) is 0 Å². The second-order valence-corrected chi connectivity index (χ2v) is 6.41. The third-order valence-electron chi connectivity index (χ3n) is 4.11. The Labute approximate surface area is 111 Å². The van der Waals surface area contributed by atoms with Crippen LogP contribution in [0.3, 0.4) is 0 Å². The van der Waals surface area contributed by atoms with Crippen LogP contribution in [0.25, 0.3) is 0 Å². The minimum atomic E-state index is 0.195. The fourth-order valence-electron chi connectivity index (χ4n) is 3.03. The van der Waals surface area contributed by atoms with Gasteiger partial charge in [0.2, 0.25) is 0 Å². The van der Waals surface area contributed by atoms with E-state index in [4.69, 9.17) is 23.2 Å². The largest absolute Gasteiger partial charge is 0.121 e. The maximum atomic E-state index is 6.63. The van der Waals surface area contributed by atoms with E-state index in [1.54, 1.807) is 0 Å². The molecule has 1 aliphatic carbocycles. The molecule has 0 saturated heterocycles. The van der Waals surface area contributed by atoms with Crippen LogP contribution in [0.4, 0.5) is 0 Å². The van der Waals surface area contributed by atoms with Gasteiger partial charge < -0.3 is 0 Å². The molecule has 1 saturated carbocycles. The average Bonchev–Trinajstić information content (AvgIpc) is 2.30. The Bertz CT molecular complexity index is 183. The molecule has 2 atom stereocenters. The van der Waals surface area contributed by atoms with Crippen LogP contribution in [0, 0.1) is 5.41 Å². The normalized spacial score (nSPS) is 29.2. The van der Waals surface area contributed by atoms with Gasteiger partial charge in [0.25, 0.3) is 0 Å². The molecule has 0 aromatic carbocycles. The molecule has 0 amide bonds. The fraction of sp³-hybridized carbons (Fsp3) is 1.00. The lowest BCUT2D eigenvalue weighted by atomic mass is 9.67. The van der Waals surface area contributed by atoms with Gasteiger partial charge in [0.05, 0.1) is 10.8 Å². The molecule has 0 nitrogen and oxygen atoms in total. The number of halogens is 2. The molecule has 0 N–H and O–H groups in total. The van der Waals surface area contributed by atoms with Crippen LogP contribution in [0.1, 0.15) is 71.6 Å². The lowest BCUT2D eigenvalue weighted by Gasteiger charge is -2.44. The molecule has 0 aromatic rings. The summed E-state index contributed by atoms with van der Waals surface area (Å²) in [5.41, 5.74) is 0.345. The highest BCUT2D eigenvalue weighted by Gasteiger charge is 2.42. The van der Waals surface area contributed by atoms with Crippen molar-refractivity contribution in [3.8, 4) is 0 Å². The van der Waals surface area contributed by atoms with E-state index in [1.807, 2.05) is 0 Å². The van der Waals surface area contributed by atoms with Gasteiger partial charge in [-0.25, -0.2) is 0 Å². The zero-order valence-corrected chi connectivity index (χ0v) is 12.3. The zero-order chi connectivity index (χ0) is 12.0. The van der Waals surface area contributed by atoms with Crippen molar-refractivity contribution in [2.24, 2.45) is 5.41 Å². The summed E-state index contributed by atoms with van der Waals surface area (Å²) < 4.78 is 0. The van der Waals surface area contributed by atoms with Gasteiger partial charge in [0, 0.05) is 0 Å². The molecule has 0 spiro atoms. The van der Waals surface area contributed by atoms with Crippen LogP contribution in [0.15, 0.2) is 0 Å². The van der Waals surface area contributed by atoms with Gasteiger partial charge >= 0.3 is 0 Å². The van der Waals surface area contributed by atoms with Gasteiger partial charge in [0.15, 0.2) is 0 Å². The summed E-state index contributed by atoms with van der Waals surface area (Å²) in [4.78, 5) is 0. The van der Waals surface area contributed by atoms with E-state index in [9.17, 15) is 0 Å². The Morgan fingerprint density at radius 3 is 2.12 bits per heavy atom. The van der Waals surface area contributed by atoms with Crippen molar-refractivity contribution < 1.29 is 0 Å². The number of rotatable bonds is 6. The average molecular weight is 265 g/mol. The van der Waals surface area contributed by atoms with Crippen LogP contribution in [-0.2, 0) is 0 Å². The quantitative estimate of drug-likeness (QED) is 0.536. The van der Waals surface area contributed by atoms with Crippen LogP contribution >= 0.6 is 23.2 Å². The first kappa shape index (κ1) is 14.6. The summed E-state index contributed by atoms with van der Waals surface area (Å²) in [5.74, 6) is 0. The van der Waals surface area contributed by atoms with Crippen LogP contribution < -0.4 is 0 Å². The smallest absolute Gasteiger partial charge is 0.0555 e. The van der Waals surface area contributed by atoms with Gasteiger partial charge in [-0.15, -0.1) is 23.2 Å². The first-order valence-corrected chi connectivity index (χ1v) is 7.81. The molecule has 2 heteroatoms. The van der Waals surface area contributed by atoms with Gasteiger partial charge in [-0.2, -0.15) is 0 Å². The monoisotopic (exact) mass is 264 g/mol. The Kier molecular flexibility index (Phi) is 6.51. The molecule has 2 unspecified atom stereocenters. The highest BCUT2D eigenvalue weighted by molar-refractivity contribution is 6.30. The Morgan fingerprint density at radius 2 is 1.62 bits per heavy atom. The molecule has 16 heavy (non-hydrogen) atoms. The van der Waals surface area contributed by atoms with Crippen molar-refractivity contribution in [1.82, 2.24) is 0 Å². The van der Waals surface area contributed by atoms with Crippen LogP contribution in [0.5, 0.6) is 0 Å². The van der Waals surface area contributed by atoms with E-state index >= 15 is 0 Å². The summed E-state index contributed by atoms with van der Waals surface area (Å²) in [6.07, 6.45) is 11.4. The van der Waals surface area contributed by atoms with Gasteiger partial charge in [-0.1, -0.05) is 46.0 Å². The van der Waals surface area contributed by atoms with E-state index in [0.29, 0.717) is 5.41 Å². The summed E-state index contributed by atoms with van der Waals surface area (Å²) in [7, 11) is 0. The van der Waals surface area contributed by atoms with Crippen LogP contribution in [-0.4, -0.2) is 10.8 Å². The number of hydrogen-bond donors (Lipinski definition) is 0. The molecule has 0 bridgehead atoms. The van der Waals surface area contributed by atoms with E-state index in [-0.39, 0.29) is 10.8 Å². The zero-order valence-electron chi connectivity index (χ0n) is 10.8. The third-order valence-corrected chi connectivity index (χ3v) is 5.48. The lowest BCUT2D eigenvalue weighted by molar-refractivity contribution is 0.157. The van der Waals surface area contributed by atoms with Crippen LogP contribution in [0.2, 0.25) is 0 Å². The Hall–Kier alpha value is 0.580. The predicted octanol–water partition coefficient (Wildman–Crippen LogP) is 5.75. The Morgan fingerprint density at radius 1 is 1.06 bits per heavy atom. The van der Waals surface area contributed by atoms with E-state index in [0.717, 1.165) is 6.42 Å². The van der Waals surface area contributed by atoms with Crippen molar-refractivity contribution in [3.05, 3.63) is 0 Å². The second-order valence-electron chi connectivity index (χ2n) is 5.38. The lowest BCUT2D eigenvalue weighted by Crippen LogP contribution is -2.41. The molecular formula is C14H26Cl2. The Balaban J connectivity index is 2.66. The highest BCUT2D eigenvalue weighted by Crippen LogP contribution is 2.48. The molecule has 1 rings (SSSR count). The molecular weight excluding hydrogens is 239 g/mol. The van der Waals surface area contributed by atoms with Gasteiger partial charge in [-0.3, -0.25) is 0 Å². The summed E-state index contributed by atoms with van der Waals surface area (Å²) in [6, 6.07) is 0. The standard InChI is InChI=1S/C14H26Cl2/c1-3-5-9-14(10-6-4-2)11-7-8-12(15)13(14)16/h12-13H,3-11H2,1-2H3. The molecule has 96 valence electrons. The first-order chi connectivity index (χ1) is 7.66. The fourth-order valence-corrected chi connectivity index (χ4v) is 3.90. The number of alkyl halides is 2. The predicted molar refractivity (Wildman–Crippen MR) is 74.6 cm³/mol. The van der Waals surface area contributed by atoms with Crippen molar-refractivity contribution in [3.63, 3.8) is 0 Å². The maximum absolute atomic E-state index is 6.63. The third kappa shape index (κ3) is 3.53. The number of unbranched alkanes of at least 4 members (excludes halogenated alkanes) is 2. The summed E-state index contributed by atoms with van der Waals surface area (Å²) >= 11 is 13.0. The van der Waals surface area contributed by atoms with Gasteiger partial charge in [0.1, 0.15) is 0 Å². The van der Waals surface area contributed by atoms with Crippen molar-refractivity contribution in [1.29, 1.82) is 0 Å². The molecule has 0 heterocycles. The minimum Gasteiger partial charge on any atom is -0.121 e. The van der Waals surface area contributed by atoms with E-state index in [2.05, 4.69) is 13.8 Å². The molecule has 1 fully saturated rings. The molecule has 0 aromatic heterocycles. The molecule has 0 aliphatic heterocycles. The topological polar surface area (TPSA) is 0 Å².